The number of benzene rings is 1. The second-order valence-corrected chi connectivity index (χ2v) is 6.25. The molecule has 0 radical (unpaired) electrons. The van der Waals surface area contributed by atoms with Gasteiger partial charge in [-0.1, -0.05) is 18.2 Å². The fourth-order valence-electron chi connectivity index (χ4n) is 2.56. The van der Waals surface area contributed by atoms with E-state index >= 15 is 0 Å². The zero-order chi connectivity index (χ0) is 21.1. The van der Waals surface area contributed by atoms with Crippen LogP contribution in [0.3, 0.4) is 0 Å². The lowest BCUT2D eigenvalue weighted by molar-refractivity contribution is 0.0837. The second kappa shape index (κ2) is 11.8. The van der Waals surface area contributed by atoms with Crippen molar-refractivity contribution in [2.75, 3.05) is 32.9 Å². The summed E-state index contributed by atoms with van der Waals surface area (Å²) in [6.45, 7) is 0.727. The highest BCUT2D eigenvalue weighted by Crippen LogP contribution is 2.10. The molecule has 0 aliphatic carbocycles. The molecule has 0 unspecified atom stereocenters. The molecule has 29 heavy (non-hydrogen) atoms. The number of aryl methyl sites for hydroxylation is 1. The molecule has 1 aromatic carbocycles. The van der Waals surface area contributed by atoms with Gasteiger partial charge in [-0.3, -0.25) is 14.4 Å². The third-order valence-electron chi connectivity index (χ3n) is 4.13. The molecule has 154 valence electrons. The summed E-state index contributed by atoms with van der Waals surface area (Å²) in [6.07, 6.45) is 0.730. The molecule has 0 saturated heterocycles. The van der Waals surface area contributed by atoms with E-state index in [0.717, 1.165) is 5.56 Å². The monoisotopic (exact) mass is 399 g/mol. The number of nitrogens with zero attached hydrogens (tertiary/aromatic N) is 1. The molecule has 0 aliphatic rings. The van der Waals surface area contributed by atoms with Crippen LogP contribution < -0.4 is 11.1 Å². The number of aliphatic hydroxyl groups excluding tert-OH is 1. The van der Waals surface area contributed by atoms with Gasteiger partial charge in [0.1, 0.15) is 11.4 Å². The van der Waals surface area contributed by atoms with E-state index in [-0.39, 0.29) is 55.0 Å². The number of carbonyl (C=O) groups excluding carboxylic acids is 3. The van der Waals surface area contributed by atoms with Crippen molar-refractivity contribution >= 4 is 17.5 Å². The van der Waals surface area contributed by atoms with Crippen LogP contribution in [0.25, 0.3) is 0 Å². The molecule has 0 aliphatic heterocycles. The van der Waals surface area contributed by atoms with Gasteiger partial charge in [0.2, 0.25) is 0 Å². The van der Waals surface area contributed by atoms with E-state index in [1.807, 2.05) is 0 Å². The predicted molar refractivity (Wildman–Crippen MR) is 107 cm³/mol. The Morgan fingerprint density at radius 2 is 1.69 bits per heavy atom. The van der Waals surface area contributed by atoms with Crippen LogP contribution in [-0.4, -0.2) is 60.5 Å². The number of pyridine rings is 1. The summed E-state index contributed by atoms with van der Waals surface area (Å²) in [4.78, 5) is 40.1. The van der Waals surface area contributed by atoms with Gasteiger partial charge in [-0.2, -0.15) is 0 Å². The number of amides is 1. The fraction of sp³-hybridized carbons (Fsp3) is 0.333. The van der Waals surface area contributed by atoms with Crippen LogP contribution in [0.1, 0.15) is 43.3 Å². The Kier molecular flexibility index (Phi) is 9.10. The van der Waals surface area contributed by atoms with Crippen LogP contribution in [0.4, 0.5) is 0 Å². The van der Waals surface area contributed by atoms with E-state index < -0.39 is 0 Å². The first-order valence-corrected chi connectivity index (χ1v) is 9.34. The molecular weight excluding hydrogens is 374 g/mol. The Morgan fingerprint density at radius 1 is 1.00 bits per heavy atom. The maximum absolute atomic E-state index is 12.4. The number of carbonyl (C=O) groups is 3. The van der Waals surface area contributed by atoms with Crippen LogP contribution in [0.2, 0.25) is 0 Å². The van der Waals surface area contributed by atoms with E-state index in [9.17, 15) is 14.4 Å². The summed E-state index contributed by atoms with van der Waals surface area (Å²) in [5.41, 5.74) is 7.18. The Bertz CT molecular complexity index is 836. The van der Waals surface area contributed by atoms with Gasteiger partial charge >= 0.3 is 0 Å². The van der Waals surface area contributed by atoms with Crippen molar-refractivity contribution < 1.29 is 24.2 Å². The van der Waals surface area contributed by atoms with Crippen molar-refractivity contribution in [3.8, 4) is 0 Å². The SMILES string of the molecule is NCC(=O)c1cccc(C(=O)CCc2ccc(C(=O)NCCOCCO)cc2)n1. The smallest absolute Gasteiger partial charge is 0.251 e. The van der Waals surface area contributed by atoms with E-state index in [4.69, 9.17) is 15.6 Å². The summed E-state index contributed by atoms with van der Waals surface area (Å²) in [5, 5.41) is 11.3. The van der Waals surface area contributed by atoms with Crippen molar-refractivity contribution in [1.29, 1.82) is 0 Å². The minimum atomic E-state index is -0.312. The number of Topliss-reactive ketones (excluding diaryl/α,β-unsaturated/α-hetero) is 2. The highest BCUT2D eigenvalue weighted by Gasteiger charge is 2.12. The summed E-state index contributed by atoms with van der Waals surface area (Å²) in [5.74, 6) is -0.694. The number of rotatable bonds is 12. The number of nitrogens with two attached hydrogens (primary N) is 1. The highest BCUT2D eigenvalue weighted by atomic mass is 16.5. The minimum Gasteiger partial charge on any atom is -0.394 e. The van der Waals surface area contributed by atoms with Gasteiger partial charge in [-0.15, -0.1) is 0 Å². The first kappa shape index (κ1) is 22.4. The number of ether oxygens (including phenoxy) is 1. The van der Waals surface area contributed by atoms with Crippen LogP contribution in [0, 0.1) is 0 Å². The van der Waals surface area contributed by atoms with Gasteiger partial charge in [-0.25, -0.2) is 4.98 Å². The molecule has 8 heteroatoms. The normalized spacial score (nSPS) is 10.6. The zero-order valence-electron chi connectivity index (χ0n) is 16.1. The van der Waals surface area contributed by atoms with Crippen LogP contribution >= 0.6 is 0 Å². The average molecular weight is 399 g/mol. The first-order valence-electron chi connectivity index (χ1n) is 9.34. The lowest BCUT2D eigenvalue weighted by atomic mass is 10.0. The van der Waals surface area contributed by atoms with Crippen molar-refractivity contribution in [1.82, 2.24) is 10.3 Å². The van der Waals surface area contributed by atoms with E-state index in [2.05, 4.69) is 10.3 Å². The number of hydrogen-bond donors (Lipinski definition) is 3. The third kappa shape index (κ3) is 7.19. The van der Waals surface area contributed by atoms with Gasteiger partial charge < -0.3 is 20.9 Å². The summed E-state index contributed by atoms with van der Waals surface area (Å²) in [7, 11) is 0. The summed E-state index contributed by atoms with van der Waals surface area (Å²) >= 11 is 0. The topological polar surface area (TPSA) is 132 Å². The molecule has 1 aromatic heterocycles. The van der Waals surface area contributed by atoms with E-state index in [1.54, 1.807) is 36.4 Å². The van der Waals surface area contributed by atoms with Crippen molar-refractivity contribution in [3.05, 3.63) is 65.0 Å². The maximum Gasteiger partial charge on any atom is 0.251 e. The highest BCUT2D eigenvalue weighted by molar-refractivity contribution is 5.99. The van der Waals surface area contributed by atoms with Gasteiger partial charge in [0.15, 0.2) is 11.6 Å². The Labute approximate surface area is 169 Å². The Hall–Kier alpha value is -2.94. The fourth-order valence-corrected chi connectivity index (χ4v) is 2.56. The molecule has 0 atom stereocenters. The van der Waals surface area contributed by atoms with Gasteiger partial charge in [0, 0.05) is 18.5 Å². The molecular formula is C21H25N3O5. The van der Waals surface area contributed by atoms with Gasteiger partial charge in [0.25, 0.3) is 5.91 Å². The number of aliphatic hydroxyl groups is 1. The molecule has 1 amide bonds. The van der Waals surface area contributed by atoms with E-state index in [0.29, 0.717) is 25.1 Å². The van der Waals surface area contributed by atoms with Crippen LogP contribution in [0.5, 0.6) is 0 Å². The number of ketones is 2. The van der Waals surface area contributed by atoms with Gasteiger partial charge in [0.05, 0.1) is 26.4 Å². The lowest BCUT2D eigenvalue weighted by Crippen LogP contribution is -2.27. The molecule has 0 saturated carbocycles. The summed E-state index contributed by atoms with van der Waals surface area (Å²) < 4.78 is 5.08. The number of hydrogen-bond acceptors (Lipinski definition) is 7. The molecule has 4 N–H and O–H groups in total. The van der Waals surface area contributed by atoms with E-state index in [1.165, 1.54) is 6.07 Å². The molecule has 2 aromatic rings. The zero-order valence-corrected chi connectivity index (χ0v) is 16.1. The largest absolute Gasteiger partial charge is 0.394 e. The van der Waals surface area contributed by atoms with Crippen LogP contribution in [0.15, 0.2) is 42.5 Å². The van der Waals surface area contributed by atoms with Crippen LogP contribution in [-0.2, 0) is 11.2 Å². The third-order valence-corrected chi connectivity index (χ3v) is 4.13. The quantitative estimate of drug-likeness (QED) is 0.355. The number of nitrogens with one attached hydrogen (secondary N) is 1. The molecule has 0 fully saturated rings. The standard InChI is InChI=1S/C21H25N3O5/c22-14-20(27)18-3-1-2-17(24-18)19(26)9-6-15-4-7-16(8-5-15)21(28)23-10-12-29-13-11-25/h1-5,7-8,25H,6,9-14,22H2,(H,23,28). The first-order chi connectivity index (χ1) is 14.0. The lowest BCUT2D eigenvalue weighted by Gasteiger charge is -2.07. The van der Waals surface area contributed by atoms with Crippen molar-refractivity contribution in [3.63, 3.8) is 0 Å². The molecule has 2 rings (SSSR count). The minimum absolute atomic E-state index is 0.0504. The Morgan fingerprint density at radius 3 is 2.34 bits per heavy atom. The maximum atomic E-state index is 12.4. The molecule has 8 nitrogen and oxygen atoms in total. The summed E-state index contributed by atoms with van der Waals surface area (Å²) in [6, 6.07) is 11.7. The number of aromatic nitrogens is 1. The Balaban J connectivity index is 1.84. The van der Waals surface area contributed by atoms with Crippen molar-refractivity contribution in [2.45, 2.75) is 12.8 Å². The molecule has 1 heterocycles. The van der Waals surface area contributed by atoms with Gasteiger partial charge in [-0.05, 0) is 36.2 Å². The predicted octanol–water partition coefficient (Wildman–Crippen LogP) is 0.777. The molecule has 0 bridgehead atoms. The average Bonchev–Trinajstić information content (AvgIpc) is 2.77. The van der Waals surface area contributed by atoms with Crippen molar-refractivity contribution in [2.24, 2.45) is 5.73 Å². The molecule has 0 spiro atoms. The second-order valence-electron chi connectivity index (χ2n) is 6.25.